The van der Waals surface area contributed by atoms with Crippen LogP contribution < -0.4 is 0 Å². The summed E-state index contributed by atoms with van der Waals surface area (Å²) >= 11 is 0. The molecule has 2 unspecified atom stereocenters. The molecule has 0 aliphatic carbocycles. The standard InChI is InChI=1S/H5O5P3/c1-7(2)6-8(3,4)5/h6-7H,(H,1,2)(H2,3,4,5). The molecule has 0 heterocycles. The maximum atomic E-state index is 9.81. The summed E-state index contributed by atoms with van der Waals surface area (Å²) in [6.07, 6.45) is 0. The molecule has 0 aliphatic heterocycles. The van der Waals surface area contributed by atoms with Gasteiger partial charge in [0.25, 0.3) is 0 Å². The van der Waals surface area contributed by atoms with Crippen LogP contribution in [-0.2, 0) is 9.13 Å². The van der Waals surface area contributed by atoms with Crippen molar-refractivity contribution >= 4 is 23.0 Å². The second-order valence-corrected chi connectivity index (χ2v) is 8.60. The van der Waals surface area contributed by atoms with Gasteiger partial charge in [0.1, 0.15) is 0 Å². The van der Waals surface area contributed by atoms with Gasteiger partial charge in [0.05, 0.1) is 7.96 Å². The Kier molecular flexibility index (Phi) is 3.37. The van der Waals surface area contributed by atoms with E-state index in [1.807, 2.05) is 0 Å². The molecule has 0 amide bonds. The van der Waals surface area contributed by atoms with Crippen molar-refractivity contribution in [1.29, 1.82) is 0 Å². The zero-order valence-electron chi connectivity index (χ0n) is 3.61. The van der Waals surface area contributed by atoms with Crippen molar-refractivity contribution < 1.29 is 23.8 Å². The Hall–Kier alpha value is 0.770. The first-order valence-electron chi connectivity index (χ1n) is 1.48. The van der Waals surface area contributed by atoms with Gasteiger partial charge in [-0.1, -0.05) is 0 Å². The van der Waals surface area contributed by atoms with Crippen LogP contribution in [0.5, 0.6) is 0 Å². The lowest BCUT2D eigenvalue weighted by Crippen LogP contribution is -1.59. The van der Waals surface area contributed by atoms with Gasteiger partial charge < -0.3 is 14.7 Å². The largest absolute Gasteiger partial charge is 0.350 e. The first-order chi connectivity index (χ1) is 3.42. The van der Waals surface area contributed by atoms with Crippen LogP contribution in [0.3, 0.4) is 0 Å². The van der Waals surface area contributed by atoms with E-state index < -0.39 is 23.0 Å². The van der Waals surface area contributed by atoms with Gasteiger partial charge in [-0.25, -0.2) is 0 Å². The summed E-state index contributed by atoms with van der Waals surface area (Å²) in [7, 11) is -8.32. The summed E-state index contributed by atoms with van der Waals surface area (Å²) in [4.78, 5) is 23.9. The van der Waals surface area contributed by atoms with Gasteiger partial charge >= 0.3 is 7.28 Å². The lowest BCUT2D eigenvalue weighted by Gasteiger charge is -1.96. The zero-order chi connectivity index (χ0) is 6.78. The SMILES string of the molecule is O=[PH](O)PP(=O)(O)O. The van der Waals surface area contributed by atoms with Gasteiger partial charge in [-0.15, -0.1) is 0 Å². The van der Waals surface area contributed by atoms with E-state index in [2.05, 4.69) is 0 Å². The van der Waals surface area contributed by atoms with E-state index in [4.69, 9.17) is 14.7 Å². The molecule has 8 heavy (non-hydrogen) atoms. The third kappa shape index (κ3) is 6.77. The molecule has 0 saturated heterocycles. The second kappa shape index (κ2) is 3.07. The summed E-state index contributed by atoms with van der Waals surface area (Å²) < 4.78 is 19.5. The first-order valence-corrected chi connectivity index (χ1v) is 7.29. The van der Waals surface area contributed by atoms with Crippen LogP contribution >= 0.6 is 23.0 Å². The van der Waals surface area contributed by atoms with Gasteiger partial charge in [0.2, 0.25) is 7.72 Å². The van der Waals surface area contributed by atoms with Crippen LogP contribution in [0.25, 0.3) is 0 Å². The van der Waals surface area contributed by atoms with Gasteiger partial charge in [0.15, 0.2) is 0 Å². The quantitative estimate of drug-likeness (QED) is 0.522. The highest BCUT2D eigenvalue weighted by molar-refractivity contribution is 8.47. The van der Waals surface area contributed by atoms with Crippen LogP contribution in [0.15, 0.2) is 0 Å². The Morgan fingerprint density at radius 3 is 1.88 bits per heavy atom. The van der Waals surface area contributed by atoms with Gasteiger partial charge in [-0.2, -0.15) is 0 Å². The van der Waals surface area contributed by atoms with Crippen LogP contribution in [0.2, 0.25) is 0 Å². The predicted octanol–water partition coefficient (Wildman–Crippen LogP) is 0.140. The smallest absolute Gasteiger partial charge is 0.343 e. The molecule has 0 radical (unpaired) electrons. The molecule has 5 nitrogen and oxygen atoms in total. The molecule has 8 heteroatoms. The Morgan fingerprint density at radius 2 is 1.88 bits per heavy atom. The second-order valence-electron chi connectivity index (χ2n) is 0.961. The molecule has 50 valence electrons. The van der Waals surface area contributed by atoms with Crippen LogP contribution in [0.1, 0.15) is 0 Å². The van der Waals surface area contributed by atoms with Gasteiger partial charge in [-0.3, -0.25) is 9.13 Å². The summed E-state index contributed by atoms with van der Waals surface area (Å²) in [5.74, 6) is 0. The lowest BCUT2D eigenvalue weighted by molar-refractivity contribution is 0.396. The van der Waals surface area contributed by atoms with Crippen molar-refractivity contribution in [2.45, 2.75) is 0 Å². The molecule has 0 saturated carbocycles. The Balaban J connectivity index is 3.74. The average Bonchev–Trinajstić information content (AvgIpc) is 1.21. The molecule has 0 spiro atoms. The number of rotatable bonds is 2. The molecule has 0 aliphatic rings. The molecule has 3 N–H and O–H groups in total. The van der Waals surface area contributed by atoms with Crippen LogP contribution in [0.4, 0.5) is 0 Å². The molecule has 0 rings (SSSR count). The monoisotopic (exact) mass is 178 g/mol. The number of hydrogen-bond acceptors (Lipinski definition) is 2. The van der Waals surface area contributed by atoms with Crippen LogP contribution in [-0.4, -0.2) is 14.7 Å². The van der Waals surface area contributed by atoms with Crippen molar-refractivity contribution in [3.8, 4) is 0 Å². The topological polar surface area (TPSA) is 94.8 Å². The Morgan fingerprint density at radius 1 is 1.50 bits per heavy atom. The molecule has 0 bridgehead atoms. The average molecular weight is 178 g/mol. The van der Waals surface area contributed by atoms with E-state index in [9.17, 15) is 9.13 Å². The van der Waals surface area contributed by atoms with E-state index in [1.54, 1.807) is 0 Å². The molecule has 0 aromatic carbocycles. The van der Waals surface area contributed by atoms with E-state index in [0.29, 0.717) is 0 Å². The molecule has 0 aromatic rings. The minimum absolute atomic E-state index is 1.13. The summed E-state index contributed by atoms with van der Waals surface area (Å²) in [6.45, 7) is 0. The molecule has 0 fully saturated rings. The number of hydrogen-bond donors (Lipinski definition) is 3. The van der Waals surface area contributed by atoms with E-state index >= 15 is 0 Å². The minimum atomic E-state index is -4.21. The van der Waals surface area contributed by atoms with E-state index in [-0.39, 0.29) is 0 Å². The van der Waals surface area contributed by atoms with E-state index in [1.165, 1.54) is 0 Å². The maximum absolute atomic E-state index is 9.81. The zero-order valence-corrected chi connectivity index (χ0v) is 6.50. The molecular weight excluding hydrogens is 173 g/mol. The third-order valence-corrected chi connectivity index (χ3v) is 6.51. The van der Waals surface area contributed by atoms with Gasteiger partial charge in [-0.05, 0) is 0 Å². The minimum Gasteiger partial charge on any atom is -0.343 e. The Labute approximate surface area is 47.7 Å². The Bertz CT molecular complexity index is 131. The summed E-state index contributed by atoms with van der Waals surface area (Å²) in [6, 6.07) is 0. The highest BCUT2D eigenvalue weighted by Gasteiger charge is 2.15. The molecular formula is H5O5P3. The van der Waals surface area contributed by atoms with Crippen molar-refractivity contribution in [3.63, 3.8) is 0 Å². The first kappa shape index (κ1) is 8.77. The van der Waals surface area contributed by atoms with Crippen molar-refractivity contribution in [2.75, 3.05) is 0 Å². The van der Waals surface area contributed by atoms with E-state index in [0.717, 1.165) is 0 Å². The lowest BCUT2D eigenvalue weighted by atomic mass is 15.8. The normalized spacial score (nSPS) is 17.4. The highest BCUT2D eigenvalue weighted by Crippen LogP contribution is 2.68. The predicted molar refractivity (Wildman–Crippen MR) is 31.6 cm³/mol. The van der Waals surface area contributed by atoms with Gasteiger partial charge in [0, 0.05) is 0 Å². The fourth-order valence-electron chi connectivity index (χ4n) is 0.125. The maximum Gasteiger partial charge on any atom is 0.350 e. The third-order valence-electron chi connectivity index (χ3n) is 0.241. The van der Waals surface area contributed by atoms with Crippen LogP contribution in [0, 0.1) is 0 Å². The molecule has 0 aromatic heterocycles. The van der Waals surface area contributed by atoms with Crippen molar-refractivity contribution in [1.82, 2.24) is 0 Å². The van der Waals surface area contributed by atoms with Crippen molar-refractivity contribution in [2.24, 2.45) is 0 Å². The molecule has 2 atom stereocenters. The van der Waals surface area contributed by atoms with Crippen molar-refractivity contribution in [3.05, 3.63) is 0 Å². The summed E-state index contributed by atoms with van der Waals surface area (Å²) in [5, 5.41) is 0. The summed E-state index contributed by atoms with van der Waals surface area (Å²) in [5.41, 5.74) is 0. The fraction of sp³-hybridized carbons (Fsp3) is 0. The fourth-order valence-corrected chi connectivity index (χ4v) is 3.36. The highest BCUT2D eigenvalue weighted by atomic mass is 32.5.